The summed E-state index contributed by atoms with van der Waals surface area (Å²) in [7, 11) is 3.55. The number of hydrogen-bond acceptors (Lipinski definition) is 4. The van der Waals surface area contributed by atoms with Gasteiger partial charge in [0.15, 0.2) is 0 Å². The number of rotatable bonds is 5. The second-order valence-electron chi connectivity index (χ2n) is 4.24. The van der Waals surface area contributed by atoms with E-state index in [1.165, 1.54) is 0 Å². The molecular weight excluding hydrogens is 240 g/mol. The van der Waals surface area contributed by atoms with Crippen LogP contribution in [0.2, 0.25) is 0 Å². The van der Waals surface area contributed by atoms with E-state index in [1.807, 2.05) is 50.5 Å². The fourth-order valence-corrected chi connectivity index (χ4v) is 1.75. The maximum atomic E-state index is 5.91. The molecule has 100 valence electrons. The molecule has 0 fully saturated rings. The Labute approximate surface area is 113 Å². The summed E-state index contributed by atoms with van der Waals surface area (Å²) in [6.07, 6.45) is 1.84. The molecular formula is C15H18N2O2. The van der Waals surface area contributed by atoms with Crippen molar-refractivity contribution in [2.24, 2.45) is 0 Å². The van der Waals surface area contributed by atoms with Gasteiger partial charge in [0.1, 0.15) is 17.2 Å². The molecule has 1 N–H and O–H groups in total. The van der Waals surface area contributed by atoms with Gasteiger partial charge in [0.05, 0.1) is 7.11 Å². The number of nitrogens with zero attached hydrogens (tertiary/aromatic N) is 1. The van der Waals surface area contributed by atoms with Crippen LogP contribution in [0, 0.1) is 6.92 Å². The monoisotopic (exact) mass is 258 g/mol. The highest BCUT2D eigenvalue weighted by atomic mass is 16.5. The minimum atomic E-state index is 0.721. The summed E-state index contributed by atoms with van der Waals surface area (Å²) in [6, 6.07) is 9.47. The Balaban J connectivity index is 2.23. The van der Waals surface area contributed by atoms with Gasteiger partial charge in [-0.25, -0.2) is 0 Å². The summed E-state index contributed by atoms with van der Waals surface area (Å²) in [5.74, 6) is 2.42. The van der Waals surface area contributed by atoms with Gasteiger partial charge in [0.2, 0.25) is 0 Å². The van der Waals surface area contributed by atoms with Crippen LogP contribution in [0.5, 0.6) is 17.2 Å². The molecule has 0 aliphatic rings. The van der Waals surface area contributed by atoms with Gasteiger partial charge in [-0.1, -0.05) is 0 Å². The molecule has 1 aromatic heterocycles. The summed E-state index contributed by atoms with van der Waals surface area (Å²) >= 11 is 0. The van der Waals surface area contributed by atoms with Crippen molar-refractivity contribution in [3.8, 4) is 17.2 Å². The first-order valence-electron chi connectivity index (χ1n) is 6.15. The van der Waals surface area contributed by atoms with Crippen LogP contribution in [0.25, 0.3) is 0 Å². The van der Waals surface area contributed by atoms with Crippen LogP contribution >= 0.6 is 0 Å². The van der Waals surface area contributed by atoms with Gasteiger partial charge < -0.3 is 14.8 Å². The summed E-state index contributed by atoms with van der Waals surface area (Å²) in [6.45, 7) is 2.67. The molecule has 4 heteroatoms. The molecule has 0 unspecified atom stereocenters. The first-order valence-corrected chi connectivity index (χ1v) is 6.15. The lowest BCUT2D eigenvalue weighted by atomic mass is 10.2. The van der Waals surface area contributed by atoms with Crippen molar-refractivity contribution in [2.75, 3.05) is 14.2 Å². The van der Waals surface area contributed by atoms with E-state index in [-0.39, 0.29) is 0 Å². The van der Waals surface area contributed by atoms with Crippen molar-refractivity contribution >= 4 is 0 Å². The lowest BCUT2D eigenvalue weighted by Crippen LogP contribution is -2.07. The average molecular weight is 258 g/mol. The predicted molar refractivity (Wildman–Crippen MR) is 74.8 cm³/mol. The number of methoxy groups -OCH3 is 1. The molecule has 0 aliphatic carbocycles. The van der Waals surface area contributed by atoms with Crippen LogP contribution in [0.15, 0.2) is 36.5 Å². The molecule has 0 atom stereocenters. The quantitative estimate of drug-likeness (QED) is 0.895. The van der Waals surface area contributed by atoms with Crippen LogP contribution in [-0.2, 0) is 6.54 Å². The highest BCUT2D eigenvalue weighted by molar-refractivity contribution is 5.39. The maximum absolute atomic E-state index is 5.91. The Kier molecular flexibility index (Phi) is 4.36. The topological polar surface area (TPSA) is 43.4 Å². The maximum Gasteiger partial charge on any atom is 0.135 e. The van der Waals surface area contributed by atoms with Crippen molar-refractivity contribution in [2.45, 2.75) is 13.5 Å². The number of ether oxygens (including phenoxy) is 2. The Bertz CT molecular complexity index is 538. The molecule has 2 aromatic rings. The van der Waals surface area contributed by atoms with Crippen LogP contribution in [-0.4, -0.2) is 19.1 Å². The largest absolute Gasteiger partial charge is 0.497 e. The summed E-state index contributed by atoms with van der Waals surface area (Å²) in [4.78, 5) is 4.29. The fourth-order valence-electron chi connectivity index (χ4n) is 1.75. The molecule has 0 aliphatic heterocycles. The average Bonchev–Trinajstić information content (AvgIpc) is 2.43. The number of hydrogen-bond donors (Lipinski definition) is 1. The van der Waals surface area contributed by atoms with Crippen molar-refractivity contribution in [3.05, 3.63) is 47.8 Å². The zero-order chi connectivity index (χ0) is 13.7. The zero-order valence-corrected chi connectivity index (χ0v) is 11.4. The van der Waals surface area contributed by atoms with E-state index in [2.05, 4.69) is 10.3 Å². The number of benzene rings is 1. The highest BCUT2D eigenvalue weighted by Crippen LogP contribution is 2.27. The molecule has 4 nitrogen and oxygen atoms in total. The molecule has 19 heavy (non-hydrogen) atoms. The molecule has 0 saturated carbocycles. The summed E-state index contributed by atoms with van der Waals surface area (Å²) < 4.78 is 11.0. The van der Waals surface area contributed by atoms with E-state index in [4.69, 9.17) is 9.47 Å². The van der Waals surface area contributed by atoms with E-state index in [0.29, 0.717) is 0 Å². The SMILES string of the molecule is CNCc1cnc(C)cc1Oc1ccc(OC)cc1. The molecule has 0 spiro atoms. The molecule has 0 saturated heterocycles. The van der Waals surface area contributed by atoms with Crippen LogP contribution in [0.3, 0.4) is 0 Å². The van der Waals surface area contributed by atoms with Gasteiger partial charge in [-0.05, 0) is 38.2 Å². The van der Waals surface area contributed by atoms with E-state index in [1.54, 1.807) is 7.11 Å². The molecule has 0 amide bonds. The standard InChI is InChI=1S/C15H18N2O2/c1-11-8-15(12(9-16-2)10-17-11)19-14-6-4-13(18-3)5-7-14/h4-8,10,16H,9H2,1-3H3. The molecule has 0 radical (unpaired) electrons. The van der Waals surface area contributed by atoms with E-state index >= 15 is 0 Å². The Morgan fingerprint density at radius 2 is 1.84 bits per heavy atom. The molecule has 1 heterocycles. The third kappa shape index (κ3) is 3.45. The molecule has 0 bridgehead atoms. The second-order valence-corrected chi connectivity index (χ2v) is 4.24. The smallest absolute Gasteiger partial charge is 0.135 e. The van der Waals surface area contributed by atoms with E-state index in [9.17, 15) is 0 Å². The third-order valence-electron chi connectivity index (χ3n) is 2.73. The summed E-state index contributed by atoms with van der Waals surface area (Å²) in [5.41, 5.74) is 1.97. The number of aryl methyl sites for hydroxylation is 1. The zero-order valence-electron chi connectivity index (χ0n) is 11.4. The lowest BCUT2D eigenvalue weighted by molar-refractivity contribution is 0.412. The first kappa shape index (κ1) is 13.4. The van der Waals surface area contributed by atoms with Crippen LogP contribution in [0.1, 0.15) is 11.3 Å². The number of nitrogens with one attached hydrogen (secondary N) is 1. The van der Waals surface area contributed by atoms with Crippen LogP contribution < -0.4 is 14.8 Å². The van der Waals surface area contributed by atoms with E-state index in [0.717, 1.165) is 35.1 Å². The van der Waals surface area contributed by atoms with Gasteiger partial charge in [-0.2, -0.15) is 0 Å². The minimum Gasteiger partial charge on any atom is -0.497 e. The van der Waals surface area contributed by atoms with Crippen molar-refractivity contribution < 1.29 is 9.47 Å². The van der Waals surface area contributed by atoms with Crippen LogP contribution in [0.4, 0.5) is 0 Å². The van der Waals surface area contributed by atoms with Gasteiger partial charge in [0.25, 0.3) is 0 Å². The van der Waals surface area contributed by atoms with Gasteiger partial charge in [0, 0.05) is 30.1 Å². The number of aromatic nitrogens is 1. The van der Waals surface area contributed by atoms with Gasteiger partial charge in [-0.3, -0.25) is 4.98 Å². The fraction of sp³-hybridized carbons (Fsp3) is 0.267. The molecule has 2 rings (SSSR count). The van der Waals surface area contributed by atoms with Crippen molar-refractivity contribution in [1.82, 2.24) is 10.3 Å². The second kappa shape index (κ2) is 6.20. The highest BCUT2D eigenvalue weighted by Gasteiger charge is 2.06. The Hall–Kier alpha value is -2.07. The normalized spacial score (nSPS) is 10.3. The first-order chi connectivity index (χ1) is 9.22. The molecule has 1 aromatic carbocycles. The van der Waals surface area contributed by atoms with Gasteiger partial charge >= 0.3 is 0 Å². The lowest BCUT2D eigenvalue weighted by Gasteiger charge is -2.11. The Morgan fingerprint density at radius 3 is 2.47 bits per heavy atom. The van der Waals surface area contributed by atoms with Crippen molar-refractivity contribution in [1.29, 1.82) is 0 Å². The van der Waals surface area contributed by atoms with Gasteiger partial charge in [-0.15, -0.1) is 0 Å². The van der Waals surface area contributed by atoms with E-state index < -0.39 is 0 Å². The third-order valence-corrected chi connectivity index (χ3v) is 2.73. The number of pyridine rings is 1. The predicted octanol–water partition coefficient (Wildman–Crippen LogP) is 2.91. The minimum absolute atomic E-state index is 0.721. The summed E-state index contributed by atoms with van der Waals surface area (Å²) in [5, 5.41) is 3.11. The van der Waals surface area contributed by atoms with Crippen molar-refractivity contribution in [3.63, 3.8) is 0 Å². The Morgan fingerprint density at radius 1 is 1.16 bits per heavy atom.